The first kappa shape index (κ1) is 17.8. The summed E-state index contributed by atoms with van der Waals surface area (Å²) in [5, 5.41) is 9.22. The van der Waals surface area contributed by atoms with Crippen LogP contribution in [0.3, 0.4) is 0 Å². The molecule has 1 unspecified atom stereocenters. The molecule has 0 saturated heterocycles. The Balaban J connectivity index is 2.57. The molecule has 2 rings (SSSR count). The van der Waals surface area contributed by atoms with Gasteiger partial charge >= 0.3 is 17.9 Å². The summed E-state index contributed by atoms with van der Waals surface area (Å²) in [5.41, 5.74) is -0.0603. The van der Waals surface area contributed by atoms with Crippen LogP contribution in [-0.4, -0.2) is 44.3 Å². The van der Waals surface area contributed by atoms with E-state index in [1.54, 1.807) is 18.2 Å². The molecule has 7 nitrogen and oxygen atoms in total. The van der Waals surface area contributed by atoms with Crippen molar-refractivity contribution in [1.82, 2.24) is 0 Å². The largest absolute Gasteiger partial charge is 0.497 e. The van der Waals surface area contributed by atoms with Gasteiger partial charge in [0.05, 0.1) is 27.8 Å². The Kier molecular flexibility index (Phi) is 5.11. The monoisotopic (exact) mass is 336 g/mol. The van der Waals surface area contributed by atoms with Crippen LogP contribution in [-0.2, 0) is 30.3 Å². The van der Waals surface area contributed by atoms with Gasteiger partial charge in [-0.25, -0.2) is 0 Å². The van der Waals surface area contributed by atoms with Crippen LogP contribution >= 0.6 is 0 Å². The quantitative estimate of drug-likeness (QED) is 0.643. The number of benzene rings is 1. The molecule has 130 valence electrons. The highest BCUT2D eigenvalue weighted by molar-refractivity contribution is 6.01. The standard InChI is InChI=1S/C17H20O7/c1-22-12-5-4-10-8-17(15(20)23-2,16(21)24-3)9-11(6-14(18)19)13(10)7-12/h4-5,7,11H,6,8-9H2,1-3H3,(H,18,19). The lowest BCUT2D eigenvalue weighted by atomic mass is 9.66. The number of methoxy groups -OCH3 is 3. The molecule has 1 aliphatic carbocycles. The van der Waals surface area contributed by atoms with Crippen molar-refractivity contribution in [2.45, 2.75) is 25.2 Å². The summed E-state index contributed by atoms with van der Waals surface area (Å²) in [5.74, 6) is -2.39. The first-order chi connectivity index (χ1) is 11.4. The summed E-state index contributed by atoms with van der Waals surface area (Å²) in [6.45, 7) is 0. The fourth-order valence-corrected chi connectivity index (χ4v) is 3.35. The smallest absolute Gasteiger partial charge is 0.323 e. The second-order valence-corrected chi connectivity index (χ2v) is 5.81. The molecule has 0 amide bonds. The van der Waals surface area contributed by atoms with Crippen LogP contribution in [0.1, 0.15) is 29.9 Å². The first-order valence-electron chi connectivity index (χ1n) is 7.43. The van der Waals surface area contributed by atoms with E-state index in [9.17, 15) is 19.5 Å². The SMILES string of the molecule is COC(=O)C1(C(=O)OC)Cc2ccc(OC)cc2C(CC(=O)O)C1. The zero-order chi connectivity index (χ0) is 17.9. The molecule has 0 spiro atoms. The number of ether oxygens (including phenoxy) is 3. The molecule has 1 aromatic rings. The molecule has 1 aliphatic rings. The van der Waals surface area contributed by atoms with Gasteiger partial charge in [0.2, 0.25) is 0 Å². The van der Waals surface area contributed by atoms with Gasteiger partial charge in [0.1, 0.15) is 5.75 Å². The lowest BCUT2D eigenvalue weighted by molar-refractivity contribution is -0.171. The van der Waals surface area contributed by atoms with Crippen molar-refractivity contribution in [2.75, 3.05) is 21.3 Å². The van der Waals surface area contributed by atoms with E-state index in [0.29, 0.717) is 11.3 Å². The van der Waals surface area contributed by atoms with Crippen molar-refractivity contribution in [2.24, 2.45) is 5.41 Å². The van der Waals surface area contributed by atoms with Crippen LogP contribution in [0, 0.1) is 5.41 Å². The van der Waals surface area contributed by atoms with Crippen molar-refractivity contribution < 1.29 is 33.7 Å². The Morgan fingerprint density at radius 3 is 2.29 bits per heavy atom. The summed E-state index contributed by atoms with van der Waals surface area (Å²) in [6.07, 6.45) is -0.101. The van der Waals surface area contributed by atoms with E-state index in [1.165, 1.54) is 21.3 Å². The van der Waals surface area contributed by atoms with E-state index >= 15 is 0 Å². The number of carboxylic acids is 1. The number of carbonyl (C=O) groups excluding carboxylic acids is 2. The van der Waals surface area contributed by atoms with Gasteiger partial charge in [0, 0.05) is 0 Å². The van der Waals surface area contributed by atoms with E-state index < -0.39 is 29.2 Å². The molecule has 24 heavy (non-hydrogen) atoms. The van der Waals surface area contributed by atoms with Crippen molar-refractivity contribution in [3.05, 3.63) is 29.3 Å². The predicted octanol–water partition coefficient (Wildman–Crippen LogP) is 1.53. The Bertz CT molecular complexity index is 649. The van der Waals surface area contributed by atoms with Crippen molar-refractivity contribution in [3.8, 4) is 5.75 Å². The molecule has 7 heteroatoms. The van der Waals surface area contributed by atoms with Gasteiger partial charge in [-0.05, 0) is 42.0 Å². The first-order valence-corrected chi connectivity index (χ1v) is 7.43. The summed E-state index contributed by atoms with van der Waals surface area (Å²) in [4.78, 5) is 36.0. The second-order valence-electron chi connectivity index (χ2n) is 5.81. The minimum Gasteiger partial charge on any atom is -0.497 e. The van der Waals surface area contributed by atoms with Gasteiger partial charge in [0.25, 0.3) is 0 Å². The number of esters is 2. The van der Waals surface area contributed by atoms with Gasteiger partial charge in [-0.1, -0.05) is 6.07 Å². The molecular formula is C17H20O7. The number of hydrogen-bond acceptors (Lipinski definition) is 6. The van der Waals surface area contributed by atoms with Gasteiger partial charge < -0.3 is 19.3 Å². The molecule has 0 radical (unpaired) electrons. The molecular weight excluding hydrogens is 316 g/mol. The topological polar surface area (TPSA) is 99.1 Å². The van der Waals surface area contributed by atoms with E-state index in [0.717, 1.165) is 5.56 Å². The molecule has 0 aromatic heterocycles. The number of rotatable bonds is 5. The maximum Gasteiger partial charge on any atom is 0.323 e. The van der Waals surface area contributed by atoms with E-state index in [1.807, 2.05) is 0 Å². The number of fused-ring (bicyclic) bond motifs is 1. The number of aliphatic carboxylic acids is 1. The second kappa shape index (κ2) is 6.90. The molecule has 0 fully saturated rings. The molecule has 0 bridgehead atoms. The fraction of sp³-hybridized carbons (Fsp3) is 0.471. The van der Waals surface area contributed by atoms with Crippen LogP contribution in [0.5, 0.6) is 5.75 Å². The highest BCUT2D eigenvalue weighted by Gasteiger charge is 2.53. The van der Waals surface area contributed by atoms with Crippen molar-refractivity contribution in [1.29, 1.82) is 0 Å². The average molecular weight is 336 g/mol. The Morgan fingerprint density at radius 1 is 1.17 bits per heavy atom. The number of carbonyl (C=O) groups is 3. The van der Waals surface area contributed by atoms with E-state index in [4.69, 9.17) is 14.2 Å². The highest BCUT2D eigenvalue weighted by Crippen LogP contribution is 2.46. The third-order valence-corrected chi connectivity index (χ3v) is 4.45. The lowest BCUT2D eigenvalue weighted by Gasteiger charge is -2.37. The molecule has 1 atom stereocenters. The summed E-state index contributed by atoms with van der Waals surface area (Å²) in [6, 6.07) is 5.20. The predicted molar refractivity (Wildman–Crippen MR) is 82.8 cm³/mol. The van der Waals surface area contributed by atoms with E-state index in [2.05, 4.69) is 0 Å². The van der Waals surface area contributed by atoms with Crippen LogP contribution in [0.4, 0.5) is 0 Å². The maximum atomic E-state index is 12.4. The van der Waals surface area contributed by atoms with Crippen LogP contribution in [0.2, 0.25) is 0 Å². The van der Waals surface area contributed by atoms with Crippen LogP contribution in [0.15, 0.2) is 18.2 Å². The van der Waals surface area contributed by atoms with Gasteiger partial charge in [-0.2, -0.15) is 0 Å². The number of hydrogen-bond donors (Lipinski definition) is 1. The van der Waals surface area contributed by atoms with Crippen LogP contribution in [0.25, 0.3) is 0 Å². The van der Waals surface area contributed by atoms with Gasteiger partial charge in [-0.3, -0.25) is 14.4 Å². The third kappa shape index (κ3) is 3.06. The zero-order valence-electron chi connectivity index (χ0n) is 13.8. The average Bonchev–Trinajstić information content (AvgIpc) is 2.59. The van der Waals surface area contributed by atoms with Gasteiger partial charge in [0.15, 0.2) is 5.41 Å². The summed E-state index contributed by atoms with van der Waals surface area (Å²) >= 11 is 0. The van der Waals surface area contributed by atoms with Crippen LogP contribution < -0.4 is 4.74 Å². The summed E-state index contributed by atoms with van der Waals surface area (Å²) in [7, 11) is 3.91. The number of carboxylic acid groups (broad SMARTS) is 1. The highest BCUT2D eigenvalue weighted by atomic mass is 16.5. The molecule has 1 aromatic carbocycles. The minimum atomic E-state index is -1.54. The van der Waals surface area contributed by atoms with Crippen molar-refractivity contribution >= 4 is 17.9 Å². The summed E-state index contributed by atoms with van der Waals surface area (Å²) < 4.78 is 14.8. The van der Waals surface area contributed by atoms with Crippen molar-refractivity contribution in [3.63, 3.8) is 0 Å². The van der Waals surface area contributed by atoms with E-state index in [-0.39, 0.29) is 19.3 Å². The fourth-order valence-electron chi connectivity index (χ4n) is 3.35. The molecule has 0 aliphatic heterocycles. The maximum absolute atomic E-state index is 12.4. The molecule has 0 saturated carbocycles. The third-order valence-electron chi connectivity index (χ3n) is 4.45. The lowest BCUT2D eigenvalue weighted by Crippen LogP contribution is -2.46. The molecule has 0 heterocycles. The zero-order valence-corrected chi connectivity index (χ0v) is 13.8. The van der Waals surface area contributed by atoms with Gasteiger partial charge in [-0.15, -0.1) is 0 Å². The normalized spacial score (nSPS) is 18.2. The molecule has 1 N–H and O–H groups in total. The minimum absolute atomic E-state index is 0.0127. The Labute approximate surface area is 139 Å². The Hall–Kier alpha value is -2.57. The Morgan fingerprint density at radius 2 is 1.79 bits per heavy atom.